The number of aromatic amines is 1. The van der Waals surface area contributed by atoms with Crippen molar-refractivity contribution < 1.29 is 9.59 Å². The summed E-state index contributed by atoms with van der Waals surface area (Å²) in [5.74, 6) is 0.618. The van der Waals surface area contributed by atoms with Gasteiger partial charge in [0, 0.05) is 38.0 Å². The maximum Gasteiger partial charge on any atom is 0.254 e. The minimum Gasteiger partial charge on any atom is -0.352 e. The Kier molecular flexibility index (Phi) is 6.88. The number of carbonyl (C=O) groups is 2. The SMILES string of the molecule is CN(C)CCN1C(=O)CC[C@@H]1CCNC(=O)c1cn[nH]c1C1CCCCC1. The molecule has 2 heterocycles. The van der Waals surface area contributed by atoms with E-state index in [2.05, 4.69) is 20.4 Å². The molecule has 1 aliphatic heterocycles. The van der Waals surface area contributed by atoms with Crippen LogP contribution < -0.4 is 5.32 Å². The molecule has 7 nitrogen and oxygen atoms in total. The number of likely N-dealkylation sites (N-methyl/N-ethyl adjacent to an activating group) is 1. The van der Waals surface area contributed by atoms with E-state index in [4.69, 9.17) is 0 Å². The Morgan fingerprint density at radius 2 is 2.07 bits per heavy atom. The zero-order valence-corrected chi connectivity index (χ0v) is 16.7. The molecule has 7 heteroatoms. The van der Waals surface area contributed by atoms with Crippen LogP contribution in [0.25, 0.3) is 0 Å². The van der Waals surface area contributed by atoms with Crippen LogP contribution in [-0.2, 0) is 4.79 Å². The van der Waals surface area contributed by atoms with E-state index in [-0.39, 0.29) is 17.9 Å². The molecule has 1 aromatic rings. The molecule has 0 bridgehead atoms. The van der Waals surface area contributed by atoms with Crippen LogP contribution in [0, 0.1) is 0 Å². The van der Waals surface area contributed by atoms with Gasteiger partial charge in [-0.3, -0.25) is 14.7 Å². The molecule has 1 saturated heterocycles. The first-order chi connectivity index (χ1) is 13.1. The van der Waals surface area contributed by atoms with Crippen LogP contribution >= 0.6 is 0 Å². The molecule has 1 aliphatic carbocycles. The summed E-state index contributed by atoms with van der Waals surface area (Å²) >= 11 is 0. The summed E-state index contributed by atoms with van der Waals surface area (Å²) in [7, 11) is 4.04. The van der Waals surface area contributed by atoms with Crippen LogP contribution in [0.1, 0.15) is 73.3 Å². The average Bonchev–Trinajstić information content (AvgIpc) is 3.28. The molecule has 0 aromatic carbocycles. The third kappa shape index (κ3) is 5.09. The molecule has 2 aliphatic rings. The first-order valence-electron chi connectivity index (χ1n) is 10.3. The number of carbonyl (C=O) groups excluding carboxylic acids is 2. The molecule has 27 heavy (non-hydrogen) atoms. The fourth-order valence-corrected chi connectivity index (χ4v) is 4.34. The normalized spacial score (nSPS) is 21.2. The van der Waals surface area contributed by atoms with Gasteiger partial charge in [0.1, 0.15) is 0 Å². The third-order valence-electron chi connectivity index (χ3n) is 5.93. The van der Waals surface area contributed by atoms with Crippen molar-refractivity contribution in [3.05, 3.63) is 17.5 Å². The zero-order chi connectivity index (χ0) is 19.2. The second-order valence-electron chi connectivity index (χ2n) is 8.16. The summed E-state index contributed by atoms with van der Waals surface area (Å²) in [5, 5.41) is 10.2. The van der Waals surface area contributed by atoms with Crippen molar-refractivity contribution in [3.63, 3.8) is 0 Å². The van der Waals surface area contributed by atoms with E-state index in [1.807, 2.05) is 19.0 Å². The number of H-pyrrole nitrogens is 1. The molecule has 2 amide bonds. The zero-order valence-electron chi connectivity index (χ0n) is 16.7. The van der Waals surface area contributed by atoms with Gasteiger partial charge in [0.15, 0.2) is 0 Å². The average molecular weight is 376 g/mol. The summed E-state index contributed by atoms with van der Waals surface area (Å²) in [6.07, 6.45) is 9.98. The van der Waals surface area contributed by atoms with Gasteiger partial charge >= 0.3 is 0 Å². The maximum atomic E-state index is 12.6. The molecule has 0 spiro atoms. The van der Waals surface area contributed by atoms with Gasteiger partial charge in [0.05, 0.1) is 17.5 Å². The van der Waals surface area contributed by atoms with Gasteiger partial charge in [0.25, 0.3) is 5.91 Å². The van der Waals surface area contributed by atoms with E-state index < -0.39 is 0 Å². The molecule has 1 atom stereocenters. The fourth-order valence-electron chi connectivity index (χ4n) is 4.34. The molecule has 2 fully saturated rings. The molecule has 1 aromatic heterocycles. The molecule has 150 valence electrons. The van der Waals surface area contributed by atoms with Gasteiger partial charge in [-0.1, -0.05) is 19.3 Å². The molecule has 0 unspecified atom stereocenters. The first kappa shape index (κ1) is 19.9. The lowest BCUT2D eigenvalue weighted by molar-refractivity contribution is -0.129. The van der Waals surface area contributed by atoms with Gasteiger partial charge in [-0.05, 0) is 39.8 Å². The summed E-state index contributed by atoms with van der Waals surface area (Å²) in [6.45, 7) is 2.22. The first-order valence-corrected chi connectivity index (χ1v) is 10.3. The molecule has 1 saturated carbocycles. The van der Waals surface area contributed by atoms with Crippen molar-refractivity contribution in [1.82, 2.24) is 25.3 Å². The Balaban J connectivity index is 1.49. The Morgan fingerprint density at radius 1 is 1.30 bits per heavy atom. The molecule has 3 rings (SSSR count). The second kappa shape index (κ2) is 9.35. The van der Waals surface area contributed by atoms with Crippen molar-refractivity contribution in [3.8, 4) is 0 Å². The lowest BCUT2D eigenvalue weighted by Gasteiger charge is -2.26. The largest absolute Gasteiger partial charge is 0.352 e. The minimum absolute atomic E-state index is 0.0477. The monoisotopic (exact) mass is 375 g/mol. The summed E-state index contributed by atoms with van der Waals surface area (Å²) < 4.78 is 0. The lowest BCUT2D eigenvalue weighted by atomic mass is 9.85. The van der Waals surface area contributed by atoms with Gasteiger partial charge < -0.3 is 15.1 Å². The van der Waals surface area contributed by atoms with E-state index in [1.165, 1.54) is 19.3 Å². The van der Waals surface area contributed by atoms with E-state index in [0.717, 1.165) is 44.5 Å². The minimum atomic E-state index is -0.0477. The van der Waals surface area contributed by atoms with E-state index in [9.17, 15) is 9.59 Å². The Bertz CT molecular complexity index is 636. The van der Waals surface area contributed by atoms with Gasteiger partial charge in [-0.25, -0.2) is 0 Å². The second-order valence-corrected chi connectivity index (χ2v) is 8.16. The molecule has 2 N–H and O–H groups in total. The highest BCUT2D eigenvalue weighted by molar-refractivity contribution is 5.95. The topological polar surface area (TPSA) is 81.3 Å². The Hall–Kier alpha value is -1.89. The van der Waals surface area contributed by atoms with E-state index in [0.29, 0.717) is 24.4 Å². The van der Waals surface area contributed by atoms with Crippen molar-refractivity contribution in [2.45, 2.75) is 63.3 Å². The highest BCUT2D eigenvalue weighted by Crippen LogP contribution is 2.33. The van der Waals surface area contributed by atoms with Gasteiger partial charge in [0.2, 0.25) is 5.91 Å². The Labute approximate surface area is 161 Å². The van der Waals surface area contributed by atoms with Crippen LogP contribution in [0.15, 0.2) is 6.20 Å². The lowest BCUT2D eigenvalue weighted by Crippen LogP contribution is -2.40. The highest BCUT2D eigenvalue weighted by atomic mass is 16.2. The van der Waals surface area contributed by atoms with Crippen molar-refractivity contribution in [1.29, 1.82) is 0 Å². The van der Waals surface area contributed by atoms with E-state index in [1.54, 1.807) is 6.20 Å². The number of amides is 2. The molecular weight excluding hydrogens is 342 g/mol. The van der Waals surface area contributed by atoms with Crippen molar-refractivity contribution in [2.75, 3.05) is 33.7 Å². The number of aromatic nitrogens is 2. The van der Waals surface area contributed by atoms with Crippen LogP contribution in [-0.4, -0.2) is 71.6 Å². The molecular formula is C20H33N5O2. The summed E-state index contributed by atoms with van der Waals surface area (Å²) in [4.78, 5) is 28.8. The third-order valence-corrected chi connectivity index (χ3v) is 5.93. The summed E-state index contributed by atoms with van der Waals surface area (Å²) in [6, 6.07) is 0.236. The quantitative estimate of drug-likeness (QED) is 0.729. The predicted octanol–water partition coefficient (Wildman–Crippen LogP) is 2.13. The van der Waals surface area contributed by atoms with Crippen LogP contribution in [0.5, 0.6) is 0 Å². The van der Waals surface area contributed by atoms with Crippen LogP contribution in [0.4, 0.5) is 0 Å². The number of hydrogen-bond donors (Lipinski definition) is 2. The van der Waals surface area contributed by atoms with Crippen molar-refractivity contribution in [2.24, 2.45) is 0 Å². The Morgan fingerprint density at radius 3 is 2.81 bits per heavy atom. The predicted molar refractivity (Wildman–Crippen MR) is 105 cm³/mol. The smallest absolute Gasteiger partial charge is 0.254 e. The van der Waals surface area contributed by atoms with Crippen LogP contribution in [0.3, 0.4) is 0 Å². The highest BCUT2D eigenvalue weighted by Gasteiger charge is 2.30. The summed E-state index contributed by atoms with van der Waals surface area (Å²) in [5.41, 5.74) is 1.68. The number of likely N-dealkylation sites (tertiary alicyclic amines) is 1. The maximum absolute atomic E-state index is 12.6. The molecule has 0 radical (unpaired) electrons. The number of nitrogens with zero attached hydrogens (tertiary/aromatic N) is 3. The fraction of sp³-hybridized carbons (Fsp3) is 0.750. The standard InChI is InChI=1S/C20H33N5O2/c1-24(2)12-13-25-16(8-9-18(25)26)10-11-21-20(27)17-14-22-23-19(17)15-6-4-3-5-7-15/h14-16H,3-13H2,1-2H3,(H,21,27)(H,22,23)/t16-/m1/s1. The van der Waals surface area contributed by atoms with E-state index >= 15 is 0 Å². The van der Waals surface area contributed by atoms with Gasteiger partial charge in [-0.15, -0.1) is 0 Å². The number of hydrogen-bond acceptors (Lipinski definition) is 4. The number of rotatable bonds is 8. The number of nitrogens with one attached hydrogen (secondary N) is 2. The van der Waals surface area contributed by atoms with Gasteiger partial charge in [-0.2, -0.15) is 5.10 Å². The van der Waals surface area contributed by atoms with Crippen LogP contribution in [0.2, 0.25) is 0 Å². The van der Waals surface area contributed by atoms with Crippen molar-refractivity contribution >= 4 is 11.8 Å².